The Balaban J connectivity index is 2.30. The van der Waals surface area contributed by atoms with Gasteiger partial charge in [0.1, 0.15) is 0 Å². The second kappa shape index (κ2) is 4.72. The van der Waals surface area contributed by atoms with Crippen LogP contribution in [0.3, 0.4) is 0 Å². The molecular formula is C11H13ClN2O2. The molecule has 0 unspecified atom stereocenters. The zero-order valence-electron chi connectivity index (χ0n) is 9.00. The number of carbonyl (C=O) groups excluding carboxylic acids is 1. The summed E-state index contributed by atoms with van der Waals surface area (Å²) in [5.74, 6) is -0.0447. The Morgan fingerprint density at radius 3 is 3.12 bits per heavy atom. The number of anilines is 2. The molecule has 1 heterocycles. The number of hydrogen-bond donors (Lipinski definition) is 1. The summed E-state index contributed by atoms with van der Waals surface area (Å²) < 4.78 is 5.02. The van der Waals surface area contributed by atoms with Crippen LogP contribution >= 0.6 is 11.6 Å². The molecule has 1 amide bonds. The van der Waals surface area contributed by atoms with Crippen LogP contribution in [0.1, 0.15) is 0 Å². The van der Waals surface area contributed by atoms with E-state index in [1.807, 2.05) is 17.0 Å². The van der Waals surface area contributed by atoms with Crippen molar-refractivity contribution in [3.8, 4) is 0 Å². The van der Waals surface area contributed by atoms with Crippen molar-refractivity contribution in [2.75, 3.05) is 37.0 Å². The first-order chi connectivity index (χ1) is 7.72. The monoisotopic (exact) mass is 240 g/mol. The van der Waals surface area contributed by atoms with Crippen LogP contribution in [0.2, 0.25) is 5.02 Å². The van der Waals surface area contributed by atoms with Gasteiger partial charge in [0, 0.05) is 13.7 Å². The lowest BCUT2D eigenvalue weighted by Gasteiger charge is -2.31. The fourth-order valence-corrected chi connectivity index (χ4v) is 1.96. The van der Waals surface area contributed by atoms with E-state index in [1.54, 1.807) is 13.2 Å². The number of nitrogens with one attached hydrogen (secondary N) is 1. The number of ether oxygens (including phenoxy) is 1. The molecule has 1 aliphatic rings. The van der Waals surface area contributed by atoms with Crippen molar-refractivity contribution in [2.45, 2.75) is 0 Å². The number of para-hydroxylation sites is 1. The predicted molar refractivity (Wildman–Crippen MR) is 64.2 cm³/mol. The summed E-state index contributed by atoms with van der Waals surface area (Å²) in [7, 11) is 1.64. The van der Waals surface area contributed by atoms with Gasteiger partial charge in [0.25, 0.3) is 0 Å². The van der Waals surface area contributed by atoms with Crippen LogP contribution in [0.25, 0.3) is 0 Å². The van der Waals surface area contributed by atoms with E-state index in [-0.39, 0.29) is 5.91 Å². The summed E-state index contributed by atoms with van der Waals surface area (Å²) >= 11 is 6.03. The molecule has 16 heavy (non-hydrogen) atoms. The maximum atomic E-state index is 11.5. The van der Waals surface area contributed by atoms with Crippen molar-refractivity contribution in [1.82, 2.24) is 0 Å². The molecule has 0 aromatic heterocycles. The minimum Gasteiger partial charge on any atom is -0.383 e. The van der Waals surface area contributed by atoms with Gasteiger partial charge in [-0.2, -0.15) is 0 Å². The summed E-state index contributed by atoms with van der Waals surface area (Å²) in [5, 5.41) is 3.34. The first kappa shape index (κ1) is 11.2. The summed E-state index contributed by atoms with van der Waals surface area (Å²) in [4.78, 5) is 13.5. The topological polar surface area (TPSA) is 41.6 Å². The highest BCUT2D eigenvalue weighted by molar-refractivity contribution is 6.34. The lowest BCUT2D eigenvalue weighted by Crippen LogP contribution is -2.40. The standard InChI is InChI=1S/C11H13ClN2O2/c1-16-6-5-14-7-10(15)13-11-8(12)3-2-4-9(11)14/h2-4H,5-7H2,1H3,(H,13,15). The van der Waals surface area contributed by atoms with Crippen LogP contribution in [0.4, 0.5) is 11.4 Å². The number of benzene rings is 1. The van der Waals surface area contributed by atoms with Gasteiger partial charge < -0.3 is 15.0 Å². The molecule has 0 fully saturated rings. The Morgan fingerprint density at radius 1 is 1.56 bits per heavy atom. The normalized spacial score (nSPS) is 14.6. The van der Waals surface area contributed by atoms with Gasteiger partial charge in [0.05, 0.1) is 29.5 Å². The Hall–Kier alpha value is -1.26. The molecule has 0 spiro atoms. The molecular weight excluding hydrogens is 228 g/mol. The minimum atomic E-state index is -0.0447. The van der Waals surface area contributed by atoms with Crippen LogP contribution in [-0.4, -0.2) is 32.7 Å². The van der Waals surface area contributed by atoms with Crippen LogP contribution in [0.5, 0.6) is 0 Å². The van der Waals surface area contributed by atoms with Gasteiger partial charge in [0.2, 0.25) is 5.91 Å². The van der Waals surface area contributed by atoms with E-state index in [1.165, 1.54) is 0 Å². The Morgan fingerprint density at radius 2 is 2.38 bits per heavy atom. The van der Waals surface area contributed by atoms with E-state index in [0.29, 0.717) is 30.4 Å². The second-order valence-corrected chi connectivity index (χ2v) is 4.00. The highest BCUT2D eigenvalue weighted by Gasteiger charge is 2.22. The maximum Gasteiger partial charge on any atom is 0.243 e. The number of carbonyl (C=O) groups is 1. The van der Waals surface area contributed by atoms with E-state index < -0.39 is 0 Å². The Labute approximate surface area is 99.1 Å². The van der Waals surface area contributed by atoms with Crippen molar-refractivity contribution in [2.24, 2.45) is 0 Å². The number of fused-ring (bicyclic) bond motifs is 1. The third-order valence-corrected chi connectivity index (χ3v) is 2.81. The molecule has 2 rings (SSSR count). The lowest BCUT2D eigenvalue weighted by molar-refractivity contribution is -0.115. The number of halogens is 1. The Kier molecular flexibility index (Phi) is 3.31. The average Bonchev–Trinajstić information content (AvgIpc) is 2.27. The van der Waals surface area contributed by atoms with Gasteiger partial charge in [-0.05, 0) is 12.1 Å². The fourth-order valence-electron chi connectivity index (χ4n) is 1.74. The van der Waals surface area contributed by atoms with E-state index in [0.717, 1.165) is 5.69 Å². The molecule has 0 saturated heterocycles. The third-order valence-electron chi connectivity index (χ3n) is 2.50. The zero-order valence-corrected chi connectivity index (χ0v) is 9.75. The van der Waals surface area contributed by atoms with Crippen LogP contribution in [0.15, 0.2) is 18.2 Å². The molecule has 4 nitrogen and oxygen atoms in total. The summed E-state index contributed by atoms with van der Waals surface area (Å²) in [6.45, 7) is 1.60. The van der Waals surface area contributed by atoms with Gasteiger partial charge >= 0.3 is 0 Å². The number of amides is 1. The van der Waals surface area contributed by atoms with E-state index >= 15 is 0 Å². The SMILES string of the molecule is COCCN1CC(=O)Nc2c(Cl)cccc21. The van der Waals surface area contributed by atoms with E-state index in [2.05, 4.69) is 5.32 Å². The van der Waals surface area contributed by atoms with Crippen molar-refractivity contribution < 1.29 is 9.53 Å². The van der Waals surface area contributed by atoms with E-state index in [4.69, 9.17) is 16.3 Å². The molecule has 1 aromatic rings. The van der Waals surface area contributed by atoms with Crippen LogP contribution < -0.4 is 10.2 Å². The smallest absolute Gasteiger partial charge is 0.243 e. The Bertz CT molecular complexity index is 409. The zero-order chi connectivity index (χ0) is 11.5. The predicted octanol–water partition coefficient (Wildman–Crippen LogP) is 1.74. The molecule has 5 heteroatoms. The lowest BCUT2D eigenvalue weighted by atomic mass is 10.2. The quantitative estimate of drug-likeness (QED) is 0.875. The molecule has 0 atom stereocenters. The van der Waals surface area contributed by atoms with Crippen molar-refractivity contribution in [3.05, 3.63) is 23.2 Å². The summed E-state index contributed by atoms with van der Waals surface area (Å²) in [6, 6.07) is 5.58. The largest absolute Gasteiger partial charge is 0.383 e. The molecule has 1 aliphatic heterocycles. The highest BCUT2D eigenvalue weighted by atomic mass is 35.5. The number of methoxy groups -OCH3 is 1. The molecule has 0 aliphatic carbocycles. The van der Waals surface area contributed by atoms with Gasteiger partial charge in [-0.1, -0.05) is 17.7 Å². The number of rotatable bonds is 3. The van der Waals surface area contributed by atoms with E-state index in [9.17, 15) is 4.79 Å². The summed E-state index contributed by atoms with van der Waals surface area (Å²) in [6.07, 6.45) is 0. The first-order valence-corrected chi connectivity index (χ1v) is 5.42. The average molecular weight is 241 g/mol. The molecule has 1 aromatic carbocycles. The molecule has 86 valence electrons. The summed E-state index contributed by atoms with van der Waals surface area (Å²) in [5.41, 5.74) is 1.64. The molecule has 1 N–H and O–H groups in total. The van der Waals surface area contributed by atoms with Crippen molar-refractivity contribution in [1.29, 1.82) is 0 Å². The van der Waals surface area contributed by atoms with Crippen molar-refractivity contribution >= 4 is 28.9 Å². The number of nitrogens with zero attached hydrogens (tertiary/aromatic N) is 1. The fraction of sp³-hybridized carbons (Fsp3) is 0.364. The van der Waals surface area contributed by atoms with Crippen molar-refractivity contribution in [3.63, 3.8) is 0 Å². The maximum absolute atomic E-state index is 11.5. The molecule has 0 saturated carbocycles. The van der Waals surface area contributed by atoms with Gasteiger partial charge in [-0.3, -0.25) is 4.79 Å². The number of hydrogen-bond acceptors (Lipinski definition) is 3. The molecule has 0 radical (unpaired) electrons. The van der Waals surface area contributed by atoms with Crippen LogP contribution in [0, 0.1) is 0 Å². The third kappa shape index (κ3) is 2.13. The van der Waals surface area contributed by atoms with Gasteiger partial charge in [-0.15, -0.1) is 0 Å². The highest BCUT2D eigenvalue weighted by Crippen LogP contribution is 2.35. The first-order valence-electron chi connectivity index (χ1n) is 5.04. The molecule has 0 bridgehead atoms. The van der Waals surface area contributed by atoms with Gasteiger partial charge in [-0.25, -0.2) is 0 Å². The second-order valence-electron chi connectivity index (χ2n) is 3.60. The van der Waals surface area contributed by atoms with Gasteiger partial charge in [0.15, 0.2) is 0 Å². The minimum absolute atomic E-state index is 0.0447. The van der Waals surface area contributed by atoms with Crippen LogP contribution in [-0.2, 0) is 9.53 Å².